The lowest BCUT2D eigenvalue weighted by molar-refractivity contribution is 0.525. The molecular weight excluding hydrogens is 217 g/mol. The van der Waals surface area contributed by atoms with Crippen LogP contribution in [0.3, 0.4) is 0 Å². The standard InChI is InChI=1S/C10H8FNO2S/c11-9-8(15(13)14)6-12-10(9)7-4-2-1-3-5-7/h1-6,12H,(H,13,14)/p-1. The van der Waals surface area contributed by atoms with E-state index in [9.17, 15) is 13.2 Å². The third kappa shape index (κ3) is 1.84. The zero-order valence-corrected chi connectivity index (χ0v) is 8.38. The number of hydrogen-bond acceptors (Lipinski definition) is 2. The fourth-order valence-electron chi connectivity index (χ4n) is 1.32. The monoisotopic (exact) mass is 224 g/mol. The molecule has 0 spiro atoms. The fourth-order valence-corrected chi connectivity index (χ4v) is 1.73. The number of benzene rings is 1. The van der Waals surface area contributed by atoms with Crippen LogP contribution in [0.15, 0.2) is 41.4 Å². The Balaban J connectivity index is 2.52. The van der Waals surface area contributed by atoms with Crippen LogP contribution in [0.5, 0.6) is 0 Å². The van der Waals surface area contributed by atoms with Gasteiger partial charge in [-0.2, -0.15) is 0 Å². The van der Waals surface area contributed by atoms with Crippen LogP contribution in [-0.2, 0) is 11.1 Å². The first-order valence-electron chi connectivity index (χ1n) is 4.21. The number of nitrogens with one attached hydrogen (secondary N) is 1. The highest BCUT2D eigenvalue weighted by Crippen LogP contribution is 2.24. The van der Waals surface area contributed by atoms with E-state index >= 15 is 0 Å². The summed E-state index contributed by atoms with van der Waals surface area (Å²) in [6, 6.07) is 8.71. The summed E-state index contributed by atoms with van der Waals surface area (Å²) in [6.45, 7) is 0. The lowest BCUT2D eigenvalue weighted by Gasteiger charge is -2.01. The minimum atomic E-state index is -2.55. The molecule has 15 heavy (non-hydrogen) atoms. The number of halogens is 1. The quantitative estimate of drug-likeness (QED) is 0.794. The zero-order chi connectivity index (χ0) is 10.8. The Morgan fingerprint density at radius 2 is 1.93 bits per heavy atom. The lowest BCUT2D eigenvalue weighted by atomic mass is 10.1. The predicted octanol–water partition coefficient (Wildman–Crippen LogP) is 2.06. The Bertz CT molecular complexity index is 495. The molecular formula is C10H7FNO2S-. The van der Waals surface area contributed by atoms with Crippen LogP contribution in [0.2, 0.25) is 0 Å². The topological polar surface area (TPSA) is 55.9 Å². The van der Waals surface area contributed by atoms with Crippen LogP contribution in [-0.4, -0.2) is 13.7 Å². The molecule has 1 N–H and O–H groups in total. The van der Waals surface area contributed by atoms with Crippen LogP contribution >= 0.6 is 0 Å². The van der Waals surface area contributed by atoms with E-state index in [2.05, 4.69) is 4.98 Å². The van der Waals surface area contributed by atoms with Gasteiger partial charge in [0.25, 0.3) is 0 Å². The average Bonchev–Trinajstić information content (AvgIpc) is 2.61. The SMILES string of the molecule is O=S([O-])c1c[nH]c(-c2ccccc2)c1F. The highest BCUT2D eigenvalue weighted by Gasteiger charge is 2.12. The zero-order valence-electron chi connectivity index (χ0n) is 7.57. The summed E-state index contributed by atoms with van der Waals surface area (Å²) in [4.78, 5) is 2.26. The molecule has 1 heterocycles. The molecule has 1 aromatic heterocycles. The van der Waals surface area contributed by atoms with Gasteiger partial charge in [-0.15, -0.1) is 0 Å². The third-order valence-electron chi connectivity index (χ3n) is 2.03. The van der Waals surface area contributed by atoms with Crippen molar-refractivity contribution in [1.29, 1.82) is 0 Å². The highest BCUT2D eigenvalue weighted by molar-refractivity contribution is 7.79. The fraction of sp³-hybridized carbons (Fsp3) is 0. The summed E-state index contributed by atoms with van der Waals surface area (Å²) in [5.74, 6) is -0.741. The number of rotatable bonds is 2. The molecule has 3 nitrogen and oxygen atoms in total. The number of aromatic amines is 1. The molecule has 1 atom stereocenters. The van der Waals surface area contributed by atoms with E-state index in [-0.39, 0.29) is 10.6 Å². The van der Waals surface area contributed by atoms with Gasteiger partial charge < -0.3 is 9.54 Å². The van der Waals surface area contributed by atoms with Gasteiger partial charge in [-0.1, -0.05) is 30.3 Å². The molecule has 0 radical (unpaired) electrons. The summed E-state index contributed by atoms with van der Waals surface area (Å²) >= 11 is -2.55. The van der Waals surface area contributed by atoms with Crippen molar-refractivity contribution in [2.24, 2.45) is 0 Å². The van der Waals surface area contributed by atoms with Crippen LogP contribution < -0.4 is 0 Å². The van der Waals surface area contributed by atoms with Crippen molar-refractivity contribution in [1.82, 2.24) is 4.98 Å². The van der Waals surface area contributed by atoms with E-state index in [0.29, 0.717) is 5.56 Å². The molecule has 0 bridgehead atoms. The van der Waals surface area contributed by atoms with E-state index in [1.165, 1.54) is 0 Å². The smallest absolute Gasteiger partial charge is 0.163 e. The largest absolute Gasteiger partial charge is 0.768 e. The normalized spacial score (nSPS) is 12.7. The van der Waals surface area contributed by atoms with E-state index in [1.54, 1.807) is 30.3 Å². The Morgan fingerprint density at radius 1 is 1.27 bits per heavy atom. The minimum Gasteiger partial charge on any atom is -0.768 e. The van der Waals surface area contributed by atoms with Crippen molar-refractivity contribution in [3.05, 3.63) is 42.3 Å². The average molecular weight is 224 g/mol. The molecule has 0 saturated heterocycles. The van der Waals surface area contributed by atoms with Gasteiger partial charge in [-0.3, -0.25) is 4.21 Å². The van der Waals surface area contributed by atoms with E-state index in [1.807, 2.05) is 0 Å². The third-order valence-corrected chi connectivity index (χ3v) is 2.68. The van der Waals surface area contributed by atoms with E-state index in [0.717, 1.165) is 6.20 Å². The van der Waals surface area contributed by atoms with Crippen molar-refractivity contribution >= 4 is 11.1 Å². The maximum atomic E-state index is 13.5. The molecule has 0 saturated carbocycles. The van der Waals surface area contributed by atoms with Crippen LogP contribution in [0.25, 0.3) is 11.3 Å². The van der Waals surface area contributed by atoms with E-state index in [4.69, 9.17) is 0 Å². The first-order valence-corrected chi connectivity index (χ1v) is 5.29. The second-order valence-corrected chi connectivity index (χ2v) is 3.85. The maximum Gasteiger partial charge on any atom is 0.163 e. The summed E-state index contributed by atoms with van der Waals surface area (Å²) < 4.78 is 34.8. The Kier molecular flexibility index (Phi) is 2.66. The molecule has 0 fully saturated rings. The van der Waals surface area contributed by atoms with Gasteiger partial charge in [0.15, 0.2) is 5.82 Å². The van der Waals surface area contributed by atoms with E-state index < -0.39 is 16.9 Å². The molecule has 0 aliphatic heterocycles. The second-order valence-electron chi connectivity index (χ2n) is 2.94. The molecule has 1 unspecified atom stereocenters. The highest BCUT2D eigenvalue weighted by atomic mass is 32.2. The second kappa shape index (κ2) is 3.96. The Labute approximate surface area is 88.2 Å². The molecule has 78 valence electrons. The van der Waals surface area contributed by atoms with Gasteiger partial charge >= 0.3 is 0 Å². The first-order chi connectivity index (χ1) is 7.20. The van der Waals surface area contributed by atoms with Crippen LogP contribution in [0.4, 0.5) is 4.39 Å². The molecule has 0 aliphatic rings. The van der Waals surface area contributed by atoms with Gasteiger partial charge in [0.2, 0.25) is 0 Å². The molecule has 5 heteroatoms. The molecule has 2 aromatic rings. The Hall–Kier alpha value is -1.46. The summed E-state index contributed by atoms with van der Waals surface area (Å²) in [6.07, 6.45) is 1.14. The van der Waals surface area contributed by atoms with Gasteiger partial charge in [0.1, 0.15) is 0 Å². The van der Waals surface area contributed by atoms with Gasteiger partial charge in [0, 0.05) is 11.8 Å². The number of hydrogen-bond donors (Lipinski definition) is 1. The van der Waals surface area contributed by atoms with Crippen LogP contribution in [0.1, 0.15) is 0 Å². The van der Waals surface area contributed by atoms with Crippen molar-refractivity contribution < 1.29 is 13.2 Å². The number of H-pyrrole nitrogens is 1. The van der Waals surface area contributed by atoms with Gasteiger partial charge in [-0.25, -0.2) is 4.39 Å². The van der Waals surface area contributed by atoms with Crippen molar-refractivity contribution in [2.45, 2.75) is 4.90 Å². The van der Waals surface area contributed by atoms with Crippen molar-refractivity contribution in [3.8, 4) is 11.3 Å². The molecule has 0 amide bonds. The van der Waals surface area contributed by atoms with Crippen molar-refractivity contribution in [2.75, 3.05) is 0 Å². The summed E-state index contributed by atoms with van der Waals surface area (Å²) in [5, 5.41) is 0. The minimum absolute atomic E-state index is 0.190. The maximum absolute atomic E-state index is 13.5. The Morgan fingerprint density at radius 3 is 2.47 bits per heavy atom. The molecule has 0 aliphatic carbocycles. The van der Waals surface area contributed by atoms with Gasteiger partial charge in [0.05, 0.1) is 10.6 Å². The molecule has 1 aromatic carbocycles. The first kappa shape index (κ1) is 10.1. The predicted molar refractivity (Wildman–Crippen MR) is 53.4 cm³/mol. The van der Waals surface area contributed by atoms with Crippen molar-refractivity contribution in [3.63, 3.8) is 0 Å². The van der Waals surface area contributed by atoms with Crippen LogP contribution in [0, 0.1) is 5.82 Å². The molecule has 2 rings (SSSR count). The number of aromatic nitrogens is 1. The summed E-state index contributed by atoms with van der Waals surface area (Å²) in [5.41, 5.74) is 0.807. The summed E-state index contributed by atoms with van der Waals surface area (Å²) in [7, 11) is 0. The lowest BCUT2D eigenvalue weighted by Crippen LogP contribution is -1.89. The van der Waals surface area contributed by atoms with Gasteiger partial charge in [-0.05, 0) is 11.1 Å².